The molecule has 0 aliphatic carbocycles. The zero-order valence-electron chi connectivity index (χ0n) is 20.2. The molecule has 1 saturated heterocycles. The van der Waals surface area contributed by atoms with E-state index in [4.69, 9.17) is 0 Å². The number of alkyl halides is 3. The number of rotatable bonds is 5. The summed E-state index contributed by atoms with van der Waals surface area (Å²) in [5, 5.41) is 14.2. The molecule has 2 N–H and O–H groups in total. The maximum atomic E-state index is 14.2. The number of nitrogens with zero attached hydrogens (tertiary/aromatic N) is 5. The lowest BCUT2D eigenvalue weighted by Gasteiger charge is -2.33. The van der Waals surface area contributed by atoms with Gasteiger partial charge in [-0.1, -0.05) is 6.07 Å². The van der Waals surface area contributed by atoms with E-state index in [-0.39, 0.29) is 11.6 Å². The summed E-state index contributed by atoms with van der Waals surface area (Å²) in [4.78, 5) is 23.5. The van der Waals surface area contributed by atoms with Gasteiger partial charge in [-0.15, -0.1) is 16.4 Å². The van der Waals surface area contributed by atoms with Crippen LogP contribution in [0.5, 0.6) is 0 Å². The lowest BCUT2D eigenvalue weighted by atomic mass is 10.1. The van der Waals surface area contributed by atoms with Crippen LogP contribution in [0.25, 0.3) is 26.8 Å². The van der Waals surface area contributed by atoms with Crippen LogP contribution in [0.3, 0.4) is 0 Å². The van der Waals surface area contributed by atoms with Gasteiger partial charge in [-0.3, -0.25) is 4.79 Å². The van der Waals surface area contributed by atoms with Gasteiger partial charge in [-0.2, -0.15) is 13.2 Å². The van der Waals surface area contributed by atoms with Gasteiger partial charge in [0, 0.05) is 43.1 Å². The molecule has 5 aromatic rings. The minimum absolute atomic E-state index is 0.114. The predicted molar refractivity (Wildman–Crippen MR) is 139 cm³/mol. The second-order valence-corrected chi connectivity index (χ2v) is 10.1. The van der Waals surface area contributed by atoms with Crippen LogP contribution in [0.2, 0.25) is 0 Å². The summed E-state index contributed by atoms with van der Waals surface area (Å²) in [6.45, 7) is 1.83. The number of fused-ring (bicyclic) bond motifs is 2. The molecule has 39 heavy (non-hydrogen) atoms. The molecule has 1 aliphatic heterocycles. The molecule has 8 nitrogen and oxygen atoms in total. The Morgan fingerprint density at radius 3 is 2.85 bits per heavy atom. The summed E-state index contributed by atoms with van der Waals surface area (Å²) in [7, 11) is 0. The van der Waals surface area contributed by atoms with Crippen LogP contribution in [-0.2, 0) is 17.5 Å². The fourth-order valence-corrected chi connectivity index (χ4v) is 5.41. The molecule has 0 spiro atoms. The molecule has 0 unspecified atom stereocenters. The van der Waals surface area contributed by atoms with E-state index in [9.17, 15) is 22.4 Å². The van der Waals surface area contributed by atoms with Crippen molar-refractivity contribution < 1.29 is 22.4 Å². The molecule has 1 atom stereocenters. The van der Waals surface area contributed by atoms with Crippen LogP contribution in [0, 0.1) is 5.82 Å². The average molecular weight is 556 g/mol. The maximum absolute atomic E-state index is 14.2. The Kier molecular flexibility index (Phi) is 6.39. The number of amides is 1. The first kappa shape index (κ1) is 25.2. The molecule has 4 heterocycles. The highest BCUT2D eigenvalue weighted by Crippen LogP contribution is 2.32. The standard InChI is InChI=1S/C26H21F4N7OS/c27-20-10-17(2-3-19(20)26(28,29)30)37-12-18-23(35-37)33-14-34-24(18)36-7-6-31-21(13-36)25(38)32-11-15-1-4-22-16(9-15)5-8-39-22/h1-5,8-10,12,14,21,31H,6-7,11,13H2,(H,32,38)/t21-/m0/s1. The number of nitrogens with one attached hydrogen (secondary N) is 2. The summed E-state index contributed by atoms with van der Waals surface area (Å²) in [5.41, 5.74) is 0.0680. The van der Waals surface area contributed by atoms with Crippen molar-refractivity contribution in [1.82, 2.24) is 30.4 Å². The van der Waals surface area contributed by atoms with Crippen molar-refractivity contribution in [2.75, 3.05) is 24.5 Å². The third-order valence-corrected chi connectivity index (χ3v) is 7.49. The zero-order valence-corrected chi connectivity index (χ0v) is 21.1. The van der Waals surface area contributed by atoms with E-state index < -0.39 is 23.6 Å². The molecule has 1 aliphatic rings. The SMILES string of the molecule is O=C(NCc1ccc2sccc2c1)[C@@H]1CN(c2ncnc3nn(-c4ccc(C(F)(F)F)c(F)c4)cc23)CCN1. The monoisotopic (exact) mass is 555 g/mol. The number of carbonyl (C=O) groups excluding carboxylic acids is 1. The largest absolute Gasteiger partial charge is 0.419 e. The Morgan fingerprint density at radius 2 is 2.03 bits per heavy atom. The number of halogens is 4. The highest BCUT2D eigenvalue weighted by atomic mass is 32.1. The molecule has 1 fully saturated rings. The number of hydrogen-bond acceptors (Lipinski definition) is 7. The van der Waals surface area contributed by atoms with Crippen molar-refractivity contribution in [3.63, 3.8) is 0 Å². The van der Waals surface area contributed by atoms with Crippen molar-refractivity contribution in [2.24, 2.45) is 0 Å². The van der Waals surface area contributed by atoms with E-state index in [1.165, 1.54) is 15.7 Å². The molecule has 0 saturated carbocycles. The van der Waals surface area contributed by atoms with Crippen LogP contribution < -0.4 is 15.5 Å². The van der Waals surface area contributed by atoms with Gasteiger partial charge in [0.1, 0.15) is 24.0 Å². The smallest absolute Gasteiger partial charge is 0.353 e. The van der Waals surface area contributed by atoms with Crippen molar-refractivity contribution in [3.05, 3.63) is 77.3 Å². The first-order chi connectivity index (χ1) is 18.8. The van der Waals surface area contributed by atoms with E-state index in [2.05, 4.69) is 31.8 Å². The molecular weight excluding hydrogens is 534 g/mol. The molecule has 13 heteroatoms. The second-order valence-electron chi connectivity index (χ2n) is 9.13. The molecular formula is C26H21F4N7OS. The highest BCUT2D eigenvalue weighted by molar-refractivity contribution is 7.17. The first-order valence-electron chi connectivity index (χ1n) is 12.1. The molecule has 200 valence electrons. The summed E-state index contributed by atoms with van der Waals surface area (Å²) < 4.78 is 55.5. The van der Waals surface area contributed by atoms with Gasteiger partial charge in [0.2, 0.25) is 5.91 Å². The lowest BCUT2D eigenvalue weighted by Crippen LogP contribution is -2.57. The molecule has 0 bridgehead atoms. The van der Waals surface area contributed by atoms with Gasteiger partial charge in [0.25, 0.3) is 0 Å². The first-order valence-corrected chi connectivity index (χ1v) is 12.9. The number of anilines is 1. The molecule has 6 rings (SSSR count). The van der Waals surface area contributed by atoms with Gasteiger partial charge in [0.05, 0.1) is 16.6 Å². The summed E-state index contributed by atoms with van der Waals surface area (Å²) in [6.07, 6.45) is -1.91. The second kappa shape index (κ2) is 9.89. The lowest BCUT2D eigenvalue weighted by molar-refractivity contribution is -0.140. The van der Waals surface area contributed by atoms with E-state index in [0.29, 0.717) is 49.1 Å². The third-order valence-electron chi connectivity index (χ3n) is 6.59. The summed E-state index contributed by atoms with van der Waals surface area (Å²) >= 11 is 1.67. The Bertz CT molecular complexity index is 1680. The Balaban J connectivity index is 1.19. The molecule has 0 radical (unpaired) electrons. The number of carbonyl (C=O) groups is 1. The van der Waals surface area contributed by atoms with E-state index in [0.717, 1.165) is 23.1 Å². The average Bonchev–Trinajstić information content (AvgIpc) is 3.57. The van der Waals surface area contributed by atoms with Crippen molar-refractivity contribution >= 4 is 44.2 Å². The van der Waals surface area contributed by atoms with Crippen LogP contribution in [0.1, 0.15) is 11.1 Å². The van der Waals surface area contributed by atoms with E-state index in [1.807, 2.05) is 28.5 Å². The zero-order chi connectivity index (χ0) is 27.1. The summed E-state index contributed by atoms with van der Waals surface area (Å²) in [6, 6.07) is 10.3. The predicted octanol–water partition coefficient (Wildman–Crippen LogP) is 4.28. The van der Waals surface area contributed by atoms with Gasteiger partial charge >= 0.3 is 6.18 Å². The van der Waals surface area contributed by atoms with Gasteiger partial charge in [-0.05, 0) is 46.7 Å². The van der Waals surface area contributed by atoms with Crippen LogP contribution >= 0.6 is 11.3 Å². The fraction of sp³-hybridized carbons (Fsp3) is 0.231. The third kappa shape index (κ3) is 5.02. The number of hydrogen-bond donors (Lipinski definition) is 2. The summed E-state index contributed by atoms with van der Waals surface area (Å²) in [5.74, 6) is -1.01. The van der Waals surface area contributed by atoms with Crippen LogP contribution in [0.15, 0.2) is 60.4 Å². The Morgan fingerprint density at radius 1 is 1.15 bits per heavy atom. The van der Waals surface area contributed by atoms with Gasteiger partial charge in [-0.25, -0.2) is 19.0 Å². The highest BCUT2D eigenvalue weighted by Gasteiger charge is 2.34. The number of thiophene rings is 1. The number of piperazine rings is 1. The van der Waals surface area contributed by atoms with Crippen molar-refractivity contribution in [3.8, 4) is 5.69 Å². The molecule has 2 aromatic carbocycles. The van der Waals surface area contributed by atoms with Crippen molar-refractivity contribution in [1.29, 1.82) is 0 Å². The molecule has 1 amide bonds. The minimum atomic E-state index is -4.79. The minimum Gasteiger partial charge on any atom is -0.353 e. The van der Waals surface area contributed by atoms with Gasteiger partial charge in [0.15, 0.2) is 5.65 Å². The Labute approximate surface area is 223 Å². The van der Waals surface area contributed by atoms with Crippen molar-refractivity contribution in [2.45, 2.75) is 18.8 Å². The topological polar surface area (TPSA) is 88.0 Å². The normalized spacial score (nSPS) is 16.2. The van der Waals surface area contributed by atoms with Crippen LogP contribution in [0.4, 0.5) is 23.4 Å². The number of aromatic nitrogens is 4. The van der Waals surface area contributed by atoms with Gasteiger partial charge < -0.3 is 15.5 Å². The number of benzene rings is 2. The fourth-order valence-electron chi connectivity index (χ4n) is 4.64. The quantitative estimate of drug-likeness (QED) is 0.315. The van der Waals surface area contributed by atoms with E-state index in [1.54, 1.807) is 17.5 Å². The Hall–Kier alpha value is -4.10. The maximum Gasteiger partial charge on any atom is 0.419 e. The molecule has 3 aromatic heterocycles. The van der Waals surface area contributed by atoms with E-state index >= 15 is 0 Å². The van der Waals surface area contributed by atoms with Crippen LogP contribution in [-0.4, -0.2) is 51.3 Å².